The van der Waals surface area contributed by atoms with E-state index in [0.717, 1.165) is 22.1 Å². The van der Waals surface area contributed by atoms with Crippen LogP contribution in [0.3, 0.4) is 0 Å². The first kappa shape index (κ1) is 24.6. The van der Waals surface area contributed by atoms with E-state index >= 15 is 0 Å². The highest BCUT2D eigenvalue weighted by Crippen LogP contribution is 2.54. The molecule has 0 saturated carbocycles. The smallest absolute Gasteiger partial charge is 0.271 e. The zero-order chi connectivity index (χ0) is 27.4. The number of nitro benzene ring substituents is 1. The molecule has 3 aromatic carbocycles. The van der Waals surface area contributed by atoms with Crippen molar-refractivity contribution >= 4 is 52.5 Å². The Morgan fingerprint density at radius 2 is 1.74 bits per heavy atom. The Morgan fingerprint density at radius 3 is 2.46 bits per heavy atom. The van der Waals surface area contributed by atoms with Crippen LogP contribution in [0.25, 0.3) is 6.08 Å². The molecule has 3 aliphatic rings. The Bertz CT molecular complexity index is 1570. The second-order valence-electron chi connectivity index (χ2n) is 9.45. The Balaban J connectivity index is 1.46. The minimum Gasteiger partial charge on any atom is -0.495 e. The van der Waals surface area contributed by atoms with E-state index < -0.39 is 46.6 Å². The maximum atomic E-state index is 14.1. The third kappa shape index (κ3) is 3.83. The van der Waals surface area contributed by atoms with E-state index in [-0.39, 0.29) is 17.1 Å². The number of anilines is 2. The lowest BCUT2D eigenvalue weighted by atomic mass is 9.84. The summed E-state index contributed by atoms with van der Waals surface area (Å²) >= 11 is 5.98. The molecule has 3 aromatic rings. The molecule has 0 aromatic heterocycles. The van der Waals surface area contributed by atoms with Crippen LogP contribution in [-0.2, 0) is 14.4 Å². The maximum absolute atomic E-state index is 14.1. The van der Waals surface area contributed by atoms with Crippen LogP contribution in [0.4, 0.5) is 17.1 Å². The van der Waals surface area contributed by atoms with E-state index in [0.29, 0.717) is 10.7 Å². The van der Waals surface area contributed by atoms with Gasteiger partial charge < -0.3 is 15.0 Å². The molecule has 39 heavy (non-hydrogen) atoms. The third-order valence-corrected chi connectivity index (χ3v) is 7.71. The number of carbonyl (C=O) groups excluding carboxylic acids is 3. The van der Waals surface area contributed by atoms with E-state index in [2.05, 4.69) is 5.32 Å². The molecule has 6 rings (SSSR count). The summed E-state index contributed by atoms with van der Waals surface area (Å²) in [4.78, 5) is 55.4. The lowest BCUT2D eigenvalue weighted by Gasteiger charge is -2.35. The number of methoxy groups -OCH3 is 1. The summed E-state index contributed by atoms with van der Waals surface area (Å²) in [7, 11) is 1.35. The number of hydrogen-bond acceptors (Lipinski definition) is 7. The number of ether oxygens (including phenoxy) is 1. The van der Waals surface area contributed by atoms with Gasteiger partial charge in [0, 0.05) is 29.0 Å². The normalized spacial score (nSPS) is 22.8. The van der Waals surface area contributed by atoms with Crippen LogP contribution in [0.5, 0.6) is 5.75 Å². The molecule has 10 nitrogen and oxygen atoms in total. The molecule has 196 valence electrons. The zero-order valence-electron chi connectivity index (χ0n) is 20.5. The van der Waals surface area contributed by atoms with Crippen LogP contribution in [0.1, 0.15) is 17.2 Å². The lowest BCUT2D eigenvalue weighted by Crippen LogP contribution is -2.46. The van der Waals surface area contributed by atoms with Crippen LogP contribution in [0, 0.1) is 22.0 Å². The van der Waals surface area contributed by atoms with Gasteiger partial charge >= 0.3 is 0 Å². The number of halogens is 1. The van der Waals surface area contributed by atoms with Gasteiger partial charge in [-0.2, -0.15) is 0 Å². The second-order valence-corrected chi connectivity index (χ2v) is 9.89. The van der Waals surface area contributed by atoms with Gasteiger partial charge in [0.1, 0.15) is 17.5 Å². The van der Waals surface area contributed by atoms with Gasteiger partial charge in [0.2, 0.25) is 17.7 Å². The van der Waals surface area contributed by atoms with Gasteiger partial charge in [-0.05, 0) is 47.5 Å². The SMILES string of the molecule is COc1ccc([N+](=O)[O-])cc1N1C(=O)[C@@H]2[C@H](C1=O)C1c3ccccc3C=CN1[C@@H]2C(=O)Nc1ccc(Cl)cc1. The van der Waals surface area contributed by atoms with Crippen LogP contribution in [-0.4, -0.2) is 40.7 Å². The molecule has 3 aliphatic heterocycles. The molecule has 0 radical (unpaired) electrons. The second kappa shape index (κ2) is 9.25. The van der Waals surface area contributed by atoms with Crippen LogP contribution < -0.4 is 15.0 Å². The molecule has 1 unspecified atom stereocenters. The molecule has 2 fully saturated rings. The van der Waals surface area contributed by atoms with Crippen molar-refractivity contribution in [3.63, 3.8) is 0 Å². The first-order valence-electron chi connectivity index (χ1n) is 12.1. The van der Waals surface area contributed by atoms with Crippen molar-refractivity contribution in [3.05, 3.63) is 99.2 Å². The Labute approximate surface area is 227 Å². The fourth-order valence-electron chi connectivity index (χ4n) is 5.81. The minimum absolute atomic E-state index is 0.0286. The largest absolute Gasteiger partial charge is 0.495 e. The lowest BCUT2D eigenvalue weighted by molar-refractivity contribution is -0.384. The van der Waals surface area contributed by atoms with Crippen molar-refractivity contribution in [3.8, 4) is 5.75 Å². The van der Waals surface area contributed by atoms with E-state index in [4.69, 9.17) is 16.3 Å². The van der Waals surface area contributed by atoms with Crippen LogP contribution in [0.15, 0.2) is 72.9 Å². The molecule has 0 spiro atoms. The summed E-state index contributed by atoms with van der Waals surface area (Å²) < 4.78 is 5.36. The molecule has 2 saturated heterocycles. The number of nitrogens with zero attached hydrogens (tertiary/aromatic N) is 3. The number of hydrogen-bond donors (Lipinski definition) is 1. The van der Waals surface area contributed by atoms with Gasteiger partial charge in [0.15, 0.2) is 0 Å². The predicted octanol–water partition coefficient (Wildman–Crippen LogP) is 4.41. The van der Waals surface area contributed by atoms with Crippen molar-refractivity contribution in [1.82, 2.24) is 4.90 Å². The summed E-state index contributed by atoms with van der Waals surface area (Å²) in [6, 6.07) is 16.2. The molecule has 0 bridgehead atoms. The number of nitrogens with one attached hydrogen (secondary N) is 1. The molecule has 4 atom stereocenters. The van der Waals surface area contributed by atoms with Crippen molar-refractivity contribution in [2.45, 2.75) is 12.1 Å². The number of benzene rings is 3. The molecule has 1 N–H and O–H groups in total. The standard InChI is InChI=1S/C28H21ClN4O6/c1-39-21-11-10-18(33(37)38)14-20(21)32-27(35)22-23(28(32)36)25(26(34)30-17-8-6-16(29)7-9-17)31-13-12-15-4-2-3-5-19(15)24(22)31/h2-14,22-25H,1H3,(H,30,34)/t22-,23+,24?,25-/m0/s1. The van der Waals surface area contributed by atoms with Crippen LogP contribution >= 0.6 is 11.6 Å². The topological polar surface area (TPSA) is 122 Å². The van der Waals surface area contributed by atoms with Crippen molar-refractivity contribution in [1.29, 1.82) is 0 Å². The van der Waals surface area contributed by atoms with Gasteiger partial charge in [0.05, 0.1) is 29.9 Å². The number of rotatable bonds is 5. The van der Waals surface area contributed by atoms with Gasteiger partial charge in [0.25, 0.3) is 5.69 Å². The monoisotopic (exact) mass is 544 g/mol. The summed E-state index contributed by atoms with van der Waals surface area (Å²) in [5.74, 6) is -3.47. The number of amides is 3. The highest BCUT2D eigenvalue weighted by molar-refractivity contribution is 6.30. The van der Waals surface area contributed by atoms with Crippen molar-refractivity contribution in [2.75, 3.05) is 17.3 Å². The summed E-state index contributed by atoms with van der Waals surface area (Å²) in [5.41, 5.74) is 1.85. The Morgan fingerprint density at radius 1 is 1.03 bits per heavy atom. The quantitative estimate of drug-likeness (QED) is 0.287. The number of nitro groups is 1. The number of fused-ring (bicyclic) bond motifs is 5. The van der Waals surface area contributed by atoms with E-state index in [9.17, 15) is 24.5 Å². The maximum Gasteiger partial charge on any atom is 0.271 e. The number of non-ortho nitro benzene ring substituents is 1. The summed E-state index contributed by atoms with van der Waals surface area (Å²) in [6.07, 6.45) is 3.60. The average molecular weight is 545 g/mol. The molecule has 3 heterocycles. The summed E-state index contributed by atoms with van der Waals surface area (Å²) in [6.45, 7) is 0. The zero-order valence-corrected chi connectivity index (χ0v) is 21.2. The van der Waals surface area contributed by atoms with Gasteiger partial charge in [-0.3, -0.25) is 24.5 Å². The highest BCUT2D eigenvalue weighted by atomic mass is 35.5. The van der Waals surface area contributed by atoms with Gasteiger partial charge in [-0.1, -0.05) is 35.9 Å². The number of carbonyl (C=O) groups is 3. The first-order chi connectivity index (χ1) is 18.8. The predicted molar refractivity (Wildman–Crippen MR) is 143 cm³/mol. The Kier molecular flexibility index (Phi) is 5.84. The number of imide groups is 1. The van der Waals surface area contributed by atoms with E-state index in [1.807, 2.05) is 30.3 Å². The average Bonchev–Trinajstić information content (AvgIpc) is 3.41. The molecular weight excluding hydrogens is 524 g/mol. The highest BCUT2D eigenvalue weighted by Gasteiger charge is 2.65. The van der Waals surface area contributed by atoms with Gasteiger partial charge in [-0.15, -0.1) is 0 Å². The van der Waals surface area contributed by atoms with Crippen LogP contribution in [0.2, 0.25) is 5.02 Å². The first-order valence-corrected chi connectivity index (χ1v) is 12.5. The summed E-state index contributed by atoms with van der Waals surface area (Å²) in [5, 5.41) is 14.8. The molecule has 0 aliphatic carbocycles. The molecule has 11 heteroatoms. The fourth-order valence-corrected chi connectivity index (χ4v) is 5.94. The van der Waals surface area contributed by atoms with E-state index in [1.54, 1.807) is 35.4 Å². The minimum atomic E-state index is -1.05. The molecular formula is C28H21ClN4O6. The molecule has 3 amide bonds. The third-order valence-electron chi connectivity index (χ3n) is 7.46. The fraction of sp³-hybridized carbons (Fsp3) is 0.179. The van der Waals surface area contributed by atoms with Crippen molar-refractivity contribution in [2.24, 2.45) is 11.8 Å². The van der Waals surface area contributed by atoms with Gasteiger partial charge in [-0.25, -0.2) is 4.90 Å². The van der Waals surface area contributed by atoms with E-state index in [1.165, 1.54) is 19.2 Å². The van der Waals surface area contributed by atoms with Crippen molar-refractivity contribution < 1.29 is 24.0 Å². The Hall–Kier alpha value is -4.70.